The summed E-state index contributed by atoms with van der Waals surface area (Å²) in [6.07, 6.45) is 1.16. The van der Waals surface area contributed by atoms with Crippen LogP contribution < -0.4 is 0 Å². The molecule has 0 radical (unpaired) electrons. The van der Waals surface area contributed by atoms with E-state index in [4.69, 9.17) is 0 Å². The predicted molar refractivity (Wildman–Crippen MR) is 101 cm³/mol. The SMILES string of the molecule is CC1CC2=C(c3ccccc3C2(C)C)c2c1n(C)c1ccccc21. The van der Waals surface area contributed by atoms with Crippen LogP contribution >= 0.6 is 0 Å². The summed E-state index contributed by atoms with van der Waals surface area (Å²) in [7, 11) is 2.23. The van der Waals surface area contributed by atoms with Gasteiger partial charge >= 0.3 is 0 Å². The van der Waals surface area contributed by atoms with E-state index < -0.39 is 0 Å². The molecule has 0 spiro atoms. The maximum Gasteiger partial charge on any atom is 0.0486 e. The first-order chi connectivity index (χ1) is 11.5. The van der Waals surface area contributed by atoms with E-state index in [1.54, 1.807) is 5.57 Å². The molecule has 0 saturated heterocycles. The number of para-hydroxylation sites is 1. The largest absolute Gasteiger partial charge is 0.347 e. The van der Waals surface area contributed by atoms with Crippen LogP contribution in [0.25, 0.3) is 16.5 Å². The Kier molecular flexibility index (Phi) is 2.59. The molecule has 0 N–H and O–H groups in total. The summed E-state index contributed by atoms with van der Waals surface area (Å²) in [5.74, 6) is 0.560. The molecule has 1 nitrogen and oxygen atoms in total. The van der Waals surface area contributed by atoms with Gasteiger partial charge in [0.15, 0.2) is 0 Å². The topological polar surface area (TPSA) is 4.93 Å². The van der Waals surface area contributed by atoms with E-state index in [-0.39, 0.29) is 5.41 Å². The van der Waals surface area contributed by atoms with Crippen molar-refractivity contribution in [3.8, 4) is 0 Å². The van der Waals surface area contributed by atoms with E-state index >= 15 is 0 Å². The molecule has 120 valence electrons. The lowest BCUT2D eigenvalue weighted by molar-refractivity contribution is 0.563. The number of aryl methyl sites for hydroxylation is 1. The number of fused-ring (bicyclic) bond motifs is 6. The highest BCUT2D eigenvalue weighted by Crippen LogP contribution is 2.56. The monoisotopic (exact) mass is 313 g/mol. The Bertz CT molecular complexity index is 1030. The third kappa shape index (κ3) is 1.51. The van der Waals surface area contributed by atoms with E-state index in [0.29, 0.717) is 5.92 Å². The van der Waals surface area contributed by atoms with Crippen molar-refractivity contribution < 1.29 is 0 Å². The Morgan fingerprint density at radius 2 is 1.71 bits per heavy atom. The van der Waals surface area contributed by atoms with Gasteiger partial charge in [0.1, 0.15) is 0 Å². The van der Waals surface area contributed by atoms with Crippen molar-refractivity contribution in [2.75, 3.05) is 0 Å². The third-order valence-electron chi connectivity index (χ3n) is 6.31. The van der Waals surface area contributed by atoms with Crippen LogP contribution in [0.1, 0.15) is 55.5 Å². The highest BCUT2D eigenvalue weighted by Gasteiger charge is 2.43. The van der Waals surface area contributed by atoms with Gasteiger partial charge in [0.25, 0.3) is 0 Å². The minimum absolute atomic E-state index is 0.134. The zero-order valence-electron chi connectivity index (χ0n) is 14.9. The van der Waals surface area contributed by atoms with Gasteiger partial charge in [-0.05, 0) is 29.2 Å². The minimum Gasteiger partial charge on any atom is -0.347 e. The Balaban J connectivity index is 1.96. The maximum atomic E-state index is 2.42. The van der Waals surface area contributed by atoms with Crippen molar-refractivity contribution in [3.05, 3.63) is 76.5 Å². The lowest BCUT2D eigenvalue weighted by atomic mass is 9.74. The van der Waals surface area contributed by atoms with Gasteiger partial charge in [-0.3, -0.25) is 0 Å². The second-order valence-electron chi connectivity index (χ2n) is 7.97. The summed E-state index contributed by atoms with van der Waals surface area (Å²) in [5.41, 5.74) is 10.5. The Labute approximate surface area is 143 Å². The predicted octanol–water partition coefficient (Wildman–Crippen LogP) is 5.78. The zero-order valence-corrected chi connectivity index (χ0v) is 14.9. The van der Waals surface area contributed by atoms with E-state index in [1.165, 1.54) is 38.9 Å². The molecule has 0 bridgehead atoms. The summed E-state index contributed by atoms with van der Waals surface area (Å²) >= 11 is 0. The summed E-state index contributed by atoms with van der Waals surface area (Å²) in [4.78, 5) is 0. The Morgan fingerprint density at radius 3 is 2.54 bits per heavy atom. The third-order valence-corrected chi connectivity index (χ3v) is 6.31. The van der Waals surface area contributed by atoms with Crippen LogP contribution in [0, 0.1) is 0 Å². The van der Waals surface area contributed by atoms with Crippen molar-refractivity contribution in [2.45, 2.75) is 38.5 Å². The molecule has 2 aromatic carbocycles. The normalized spacial score (nSPS) is 20.9. The van der Waals surface area contributed by atoms with Gasteiger partial charge in [0.2, 0.25) is 0 Å². The molecule has 0 amide bonds. The van der Waals surface area contributed by atoms with E-state index in [2.05, 4.69) is 80.9 Å². The molecule has 1 unspecified atom stereocenters. The maximum absolute atomic E-state index is 2.42. The van der Waals surface area contributed by atoms with Crippen LogP contribution in [0.15, 0.2) is 54.1 Å². The number of aromatic nitrogens is 1. The molecule has 24 heavy (non-hydrogen) atoms. The number of allylic oxidation sites excluding steroid dienone is 1. The average molecular weight is 313 g/mol. The minimum atomic E-state index is 0.134. The van der Waals surface area contributed by atoms with E-state index in [1.807, 2.05) is 0 Å². The van der Waals surface area contributed by atoms with E-state index in [9.17, 15) is 0 Å². The Hall–Kier alpha value is -2.28. The van der Waals surface area contributed by atoms with Crippen LogP contribution in [-0.4, -0.2) is 4.57 Å². The number of benzene rings is 2. The molecule has 1 atom stereocenters. The standard InChI is InChI=1S/C23H23N/c1-14-13-18-20(15-9-5-7-11-17(15)23(18,2)3)21-16-10-6-8-12-19(16)24(4)22(14)21/h5-12,14H,13H2,1-4H3. The number of rotatable bonds is 0. The number of hydrogen-bond donors (Lipinski definition) is 0. The smallest absolute Gasteiger partial charge is 0.0486 e. The molecule has 5 rings (SSSR count). The summed E-state index contributed by atoms with van der Waals surface area (Å²) in [6, 6.07) is 17.9. The van der Waals surface area contributed by atoms with Crippen LogP contribution in [0.5, 0.6) is 0 Å². The molecule has 0 saturated carbocycles. The highest BCUT2D eigenvalue weighted by atomic mass is 15.0. The van der Waals surface area contributed by atoms with Gasteiger partial charge < -0.3 is 4.57 Å². The highest BCUT2D eigenvalue weighted by molar-refractivity contribution is 6.03. The van der Waals surface area contributed by atoms with Crippen molar-refractivity contribution >= 4 is 16.5 Å². The molecule has 3 aromatic rings. The van der Waals surface area contributed by atoms with Crippen molar-refractivity contribution in [3.63, 3.8) is 0 Å². The fourth-order valence-electron chi connectivity index (χ4n) is 5.18. The average Bonchev–Trinajstić information content (AvgIpc) is 3.00. The molecular formula is C23H23N. The van der Waals surface area contributed by atoms with Crippen LogP contribution in [0.4, 0.5) is 0 Å². The molecule has 0 aliphatic heterocycles. The summed E-state index contributed by atoms with van der Waals surface area (Å²) in [6.45, 7) is 7.19. The Morgan fingerprint density at radius 1 is 1.00 bits per heavy atom. The van der Waals surface area contributed by atoms with E-state index in [0.717, 1.165) is 6.42 Å². The first-order valence-corrected chi connectivity index (χ1v) is 8.93. The van der Waals surface area contributed by atoms with Gasteiger partial charge in [0.05, 0.1) is 0 Å². The first-order valence-electron chi connectivity index (χ1n) is 8.93. The van der Waals surface area contributed by atoms with Crippen LogP contribution in [0.2, 0.25) is 0 Å². The second kappa shape index (κ2) is 4.42. The van der Waals surface area contributed by atoms with Crippen molar-refractivity contribution in [2.24, 2.45) is 7.05 Å². The molecule has 2 aliphatic carbocycles. The van der Waals surface area contributed by atoms with Crippen LogP contribution in [0.3, 0.4) is 0 Å². The van der Waals surface area contributed by atoms with Crippen molar-refractivity contribution in [1.29, 1.82) is 0 Å². The van der Waals surface area contributed by atoms with Gasteiger partial charge in [-0.25, -0.2) is 0 Å². The van der Waals surface area contributed by atoms with Gasteiger partial charge in [-0.15, -0.1) is 0 Å². The fraction of sp³-hybridized carbons (Fsp3) is 0.304. The quantitative estimate of drug-likeness (QED) is 0.496. The van der Waals surface area contributed by atoms with Gasteiger partial charge in [-0.1, -0.05) is 68.8 Å². The first kappa shape index (κ1) is 14.1. The van der Waals surface area contributed by atoms with Gasteiger partial charge in [-0.2, -0.15) is 0 Å². The zero-order chi connectivity index (χ0) is 16.6. The lowest BCUT2D eigenvalue weighted by Crippen LogP contribution is -2.21. The van der Waals surface area contributed by atoms with Crippen LogP contribution in [-0.2, 0) is 12.5 Å². The molecule has 1 aromatic heterocycles. The molecule has 2 aliphatic rings. The fourth-order valence-corrected chi connectivity index (χ4v) is 5.18. The van der Waals surface area contributed by atoms with Crippen molar-refractivity contribution in [1.82, 2.24) is 4.57 Å². The number of nitrogens with zero attached hydrogens (tertiary/aromatic N) is 1. The summed E-state index contributed by atoms with van der Waals surface area (Å²) < 4.78 is 2.42. The number of hydrogen-bond acceptors (Lipinski definition) is 0. The second-order valence-corrected chi connectivity index (χ2v) is 7.97. The van der Waals surface area contributed by atoms with Gasteiger partial charge in [0, 0.05) is 40.5 Å². The molecule has 1 heterocycles. The summed E-state index contributed by atoms with van der Waals surface area (Å²) in [5, 5.41) is 1.40. The molecule has 0 fully saturated rings. The molecular weight excluding hydrogens is 290 g/mol. The molecule has 1 heteroatoms. The lowest BCUT2D eigenvalue weighted by Gasteiger charge is -2.30.